The summed E-state index contributed by atoms with van der Waals surface area (Å²) in [5.41, 5.74) is 1.57. The van der Waals surface area contributed by atoms with E-state index in [4.69, 9.17) is 20.8 Å². The molecular formula is C20H25ClN4O3. The van der Waals surface area contributed by atoms with Crippen LogP contribution in [0, 0.1) is 6.92 Å². The topological polar surface area (TPSA) is 79.1 Å². The Bertz CT molecular complexity index is 865. The van der Waals surface area contributed by atoms with Crippen LogP contribution < -0.4 is 15.5 Å². The third-order valence-corrected chi connectivity index (χ3v) is 4.97. The Kier molecular flexibility index (Phi) is 6.46. The summed E-state index contributed by atoms with van der Waals surface area (Å²) in [7, 11) is 3.08. The van der Waals surface area contributed by atoms with Crippen LogP contribution in [-0.4, -0.2) is 45.2 Å². The van der Waals surface area contributed by atoms with E-state index in [2.05, 4.69) is 26.6 Å². The first kappa shape index (κ1) is 20.1. The monoisotopic (exact) mass is 404 g/mol. The molecule has 2 N–H and O–H groups in total. The minimum absolute atomic E-state index is 0.272. The molecule has 1 aromatic heterocycles. The second kappa shape index (κ2) is 9.01. The predicted octanol–water partition coefficient (Wildman–Crippen LogP) is 2.97. The number of aliphatic imine (C=N–C) groups is 1. The molecule has 8 heteroatoms. The lowest BCUT2D eigenvalue weighted by Crippen LogP contribution is -2.44. The van der Waals surface area contributed by atoms with Crippen molar-refractivity contribution in [2.45, 2.75) is 25.9 Å². The van der Waals surface area contributed by atoms with Gasteiger partial charge in [-0.05, 0) is 37.6 Å². The van der Waals surface area contributed by atoms with Crippen molar-refractivity contribution >= 4 is 29.2 Å². The Labute approximate surface area is 169 Å². The van der Waals surface area contributed by atoms with Gasteiger partial charge >= 0.3 is 5.97 Å². The van der Waals surface area contributed by atoms with Gasteiger partial charge in [0.15, 0.2) is 5.96 Å². The molecule has 1 aliphatic heterocycles. The molecule has 7 nitrogen and oxygen atoms in total. The maximum atomic E-state index is 11.7. The van der Waals surface area contributed by atoms with Gasteiger partial charge in [-0.1, -0.05) is 17.7 Å². The van der Waals surface area contributed by atoms with Crippen molar-refractivity contribution in [3.63, 3.8) is 0 Å². The first-order valence-electron chi connectivity index (χ1n) is 9.15. The van der Waals surface area contributed by atoms with E-state index >= 15 is 0 Å². The number of nitrogens with zero attached hydrogens (tertiary/aromatic N) is 2. The Morgan fingerprint density at radius 1 is 1.43 bits per heavy atom. The van der Waals surface area contributed by atoms with E-state index in [0.717, 1.165) is 30.2 Å². The molecule has 28 heavy (non-hydrogen) atoms. The summed E-state index contributed by atoms with van der Waals surface area (Å²) >= 11 is 6.10. The van der Waals surface area contributed by atoms with Gasteiger partial charge in [0.05, 0.1) is 13.7 Å². The highest BCUT2D eigenvalue weighted by molar-refractivity contribution is 6.30. The first-order valence-corrected chi connectivity index (χ1v) is 9.53. The molecule has 1 aliphatic rings. The minimum Gasteiger partial charge on any atom is -0.465 e. The number of methoxy groups -OCH3 is 1. The highest BCUT2D eigenvalue weighted by Crippen LogP contribution is 2.23. The summed E-state index contributed by atoms with van der Waals surface area (Å²) in [6.45, 7) is 3.98. The number of halogens is 1. The molecule has 0 spiro atoms. The van der Waals surface area contributed by atoms with Crippen molar-refractivity contribution in [3.8, 4) is 0 Å². The highest BCUT2D eigenvalue weighted by atomic mass is 35.5. The second-order valence-corrected chi connectivity index (χ2v) is 7.09. The third-order valence-electron chi connectivity index (χ3n) is 4.73. The molecular weight excluding hydrogens is 380 g/mol. The van der Waals surface area contributed by atoms with Crippen molar-refractivity contribution in [2.75, 3.05) is 32.1 Å². The summed E-state index contributed by atoms with van der Waals surface area (Å²) in [4.78, 5) is 18.3. The summed E-state index contributed by atoms with van der Waals surface area (Å²) in [6.07, 6.45) is 1.000. The van der Waals surface area contributed by atoms with Gasteiger partial charge < -0.3 is 24.7 Å². The van der Waals surface area contributed by atoms with E-state index < -0.39 is 5.97 Å². The minimum atomic E-state index is -0.401. The predicted molar refractivity (Wildman–Crippen MR) is 110 cm³/mol. The number of hydrogen-bond acceptors (Lipinski definition) is 5. The zero-order valence-corrected chi connectivity index (χ0v) is 17.0. The van der Waals surface area contributed by atoms with E-state index in [0.29, 0.717) is 29.6 Å². The average molecular weight is 405 g/mol. The highest BCUT2D eigenvalue weighted by Gasteiger charge is 2.24. The lowest BCUT2D eigenvalue weighted by Gasteiger charge is -2.20. The zero-order chi connectivity index (χ0) is 20.1. The standard InChI is InChI=1S/C20H25ClN4O3/c1-13-18(19(26)27-3)10-17(28-13)11-23-20(22-2)24-15-7-8-25(12-15)16-6-4-5-14(21)9-16/h4-6,9-10,15H,7-8,11-12H2,1-3H3,(H2,22,23,24). The van der Waals surface area contributed by atoms with Gasteiger partial charge in [0.2, 0.25) is 0 Å². The van der Waals surface area contributed by atoms with Crippen molar-refractivity contribution in [1.29, 1.82) is 0 Å². The molecule has 0 aliphatic carbocycles. The molecule has 150 valence electrons. The second-order valence-electron chi connectivity index (χ2n) is 6.66. The normalized spacial score (nSPS) is 16.9. The molecule has 2 aromatic rings. The lowest BCUT2D eigenvalue weighted by molar-refractivity contribution is 0.0599. The van der Waals surface area contributed by atoms with Gasteiger partial charge in [-0.2, -0.15) is 0 Å². The quantitative estimate of drug-likeness (QED) is 0.453. The number of ether oxygens (including phenoxy) is 1. The van der Waals surface area contributed by atoms with Crippen LogP contribution in [0.3, 0.4) is 0 Å². The molecule has 1 aromatic carbocycles. The number of nitrogens with one attached hydrogen (secondary N) is 2. The van der Waals surface area contributed by atoms with Gasteiger partial charge in [0.1, 0.15) is 17.1 Å². The number of hydrogen-bond donors (Lipinski definition) is 2. The Hall–Kier alpha value is -2.67. The van der Waals surface area contributed by atoms with Crippen LogP contribution in [0.4, 0.5) is 5.69 Å². The number of furan rings is 1. The molecule has 0 bridgehead atoms. The fourth-order valence-corrected chi connectivity index (χ4v) is 3.47. The van der Waals surface area contributed by atoms with E-state index in [1.165, 1.54) is 7.11 Å². The number of benzene rings is 1. The maximum absolute atomic E-state index is 11.7. The summed E-state index contributed by atoms with van der Waals surface area (Å²) in [6, 6.07) is 9.86. The van der Waals surface area contributed by atoms with Crippen LogP contribution in [0.25, 0.3) is 0 Å². The molecule has 0 radical (unpaired) electrons. The number of guanidine groups is 1. The molecule has 0 saturated carbocycles. The lowest BCUT2D eigenvalue weighted by atomic mass is 10.2. The third kappa shape index (κ3) is 4.78. The fraction of sp³-hybridized carbons (Fsp3) is 0.400. The molecule has 3 rings (SSSR count). The van der Waals surface area contributed by atoms with Gasteiger partial charge in [0, 0.05) is 36.9 Å². The Morgan fingerprint density at radius 3 is 2.96 bits per heavy atom. The van der Waals surface area contributed by atoms with Gasteiger partial charge in [0.25, 0.3) is 0 Å². The fourth-order valence-electron chi connectivity index (χ4n) is 3.29. The SMILES string of the molecule is CN=C(NCc1cc(C(=O)OC)c(C)o1)NC1CCN(c2cccc(Cl)c2)C1. The summed E-state index contributed by atoms with van der Waals surface area (Å²) in [5.74, 6) is 1.47. The van der Waals surface area contributed by atoms with Crippen LogP contribution in [0.5, 0.6) is 0 Å². The van der Waals surface area contributed by atoms with Crippen LogP contribution in [0.15, 0.2) is 39.7 Å². The number of anilines is 1. The molecule has 2 heterocycles. The molecule has 1 unspecified atom stereocenters. The Morgan fingerprint density at radius 2 is 2.25 bits per heavy atom. The number of rotatable bonds is 5. The van der Waals surface area contributed by atoms with Crippen LogP contribution in [-0.2, 0) is 11.3 Å². The van der Waals surface area contributed by atoms with Crippen molar-refractivity contribution in [3.05, 3.63) is 52.4 Å². The summed E-state index contributed by atoms with van der Waals surface area (Å²) in [5, 5.41) is 7.41. The van der Waals surface area contributed by atoms with Crippen molar-refractivity contribution in [1.82, 2.24) is 10.6 Å². The maximum Gasteiger partial charge on any atom is 0.341 e. The van der Waals surface area contributed by atoms with Crippen LogP contribution in [0.1, 0.15) is 28.3 Å². The Balaban J connectivity index is 1.53. The number of carbonyl (C=O) groups is 1. The van der Waals surface area contributed by atoms with Gasteiger partial charge in [-0.3, -0.25) is 4.99 Å². The number of aryl methyl sites for hydroxylation is 1. The molecule has 1 atom stereocenters. The van der Waals surface area contributed by atoms with Crippen molar-refractivity contribution in [2.24, 2.45) is 4.99 Å². The molecule has 1 fully saturated rings. The number of esters is 1. The zero-order valence-electron chi connectivity index (χ0n) is 16.3. The van der Waals surface area contributed by atoms with E-state index in [-0.39, 0.29) is 6.04 Å². The van der Waals surface area contributed by atoms with Crippen molar-refractivity contribution < 1.29 is 13.9 Å². The number of carbonyl (C=O) groups excluding carboxylic acids is 1. The van der Waals surface area contributed by atoms with E-state index in [1.54, 1.807) is 20.0 Å². The molecule has 1 saturated heterocycles. The largest absolute Gasteiger partial charge is 0.465 e. The smallest absolute Gasteiger partial charge is 0.341 e. The average Bonchev–Trinajstić information content (AvgIpc) is 3.31. The molecule has 0 amide bonds. The van der Waals surface area contributed by atoms with E-state index in [9.17, 15) is 4.79 Å². The van der Waals surface area contributed by atoms with Crippen LogP contribution >= 0.6 is 11.6 Å². The summed E-state index contributed by atoms with van der Waals surface area (Å²) < 4.78 is 10.4. The van der Waals surface area contributed by atoms with Crippen LogP contribution in [0.2, 0.25) is 5.02 Å². The first-order chi connectivity index (χ1) is 13.5. The van der Waals surface area contributed by atoms with Gasteiger partial charge in [-0.15, -0.1) is 0 Å². The van der Waals surface area contributed by atoms with E-state index in [1.807, 2.05) is 18.2 Å². The van der Waals surface area contributed by atoms with Gasteiger partial charge in [-0.25, -0.2) is 4.79 Å².